The molecule has 2 atom stereocenters. The number of allylic oxidation sites excluding steroid dienone is 1. The largest absolute Gasteiger partial charge is 0.348 e. The first kappa shape index (κ1) is 16.2. The predicted octanol–water partition coefficient (Wildman–Crippen LogP) is 0.186. The van der Waals surface area contributed by atoms with Crippen molar-refractivity contribution in [3.8, 4) is 0 Å². The van der Waals surface area contributed by atoms with E-state index in [1.807, 2.05) is 13.8 Å². The molecule has 1 amide bonds. The standard InChI is InChI=1S/C15H22N4O3S/c1-11(2)7-15(20)19-6-5-18(8-14-16-3-4-17-14)12-9-23(21,22)10-13(12)19/h3-4,7,12-13H,5-6,8-10H2,1-2H3,(H,16,17)/t12-,13+/m1/s1. The number of hydrogen-bond acceptors (Lipinski definition) is 5. The summed E-state index contributed by atoms with van der Waals surface area (Å²) in [6, 6.07) is -0.430. The lowest BCUT2D eigenvalue weighted by Crippen LogP contribution is -2.60. The Bertz CT molecular complexity index is 707. The van der Waals surface area contributed by atoms with Crippen LogP contribution in [0, 0.1) is 0 Å². The maximum Gasteiger partial charge on any atom is 0.246 e. The van der Waals surface area contributed by atoms with Crippen LogP contribution in [-0.2, 0) is 21.2 Å². The van der Waals surface area contributed by atoms with Gasteiger partial charge in [-0.15, -0.1) is 0 Å². The van der Waals surface area contributed by atoms with E-state index in [2.05, 4.69) is 14.9 Å². The smallest absolute Gasteiger partial charge is 0.246 e. The quantitative estimate of drug-likeness (QED) is 0.795. The zero-order valence-corrected chi connectivity index (χ0v) is 14.2. The van der Waals surface area contributed by atoms with Gasteiger partial charge in [-0.25, -0.2) is 13.4 Å². The average Bonchev–Trinajstić information content (AvgIpc) is 3.04. The summed E-state index contributed by atoms with van der Waals surface area (Å²) >= 11 is 0. The van der Waals surface area contributed by atoms with Gasteiger partial charge in [-0.1, -0.05) is 5.57 Å². The van der Waals surface area contributed by atoms with Crippen LogP contribution < -0.4 is 0 Å². The van der Waals surface area contributed by atoms with E-state index in [1.165, 1.54) is 0 Å². The monoisotopic (exact) mass is 338 g/mol. The highest BCUT2D eigenvalue weighted by Crippen LogP contribution is 2.28. The molecule has 3 heterocycles. The van der Waals surface area contributed by atoms with Crippen LogP contribution in [0.25, 0.3) is 0 Å². The summed E-state index contributed by atoms with van der Waals surface area (Å²) in [7, 11) is -3.12. The number of imidazole rings is 1. The summed E-state index contributed by atoms with van der Waals surface area (Å²) in [4.78, 5) is 23.5. The lowest BCUT2D eigenvalue weighted by molar-refractivity contribution is -0.131. The fourth-order valence-electron chi connectivity index (χ4n) is 3.40. The number of carbonyl (C=O) groups is 1. The molecule has 0 radical (unpaired) electrons. The number of hydrogen-bond donors (Lipinski definition) is 1. The Hall–Kier alpha value is -1.67. The maximum atomic E-state index is 12.4. The summed E-state index contributed by atoms with van der Waals surface area (Å²) in [6.45, 7) is 5.51. The first-order chi connectivity index (χ1) is 10.9. The number of sulfone groups is 1. The fourth-order valence-corrected chi connectivity index (χ4v) is 5.41. The number of nitrogens with zero attached hydrogens (tertiary/aromatic N) is 3. The van der Waals surface area contributed by atoms with Crippen LogP contribution in [0.15, 0.2) is 24.0 Å². The zero-order valence-electron chi connectivity index (χ0n) is 13.4. The van der Waals surface area contributed by atoms with E-state index in [9.17, 15) is 13.2 Å². The summed E-state index contributed by atoms with van der Waals surface area (Å²) in [6.07, 6.45) is 5.03. The van der Waals surface area contributed by atoms with Crippen molar-refractivity contribution in [3.63, 3.8) is 0 Å². The molecule has 1 aromatic rings. The molecule has 23 heavy (non-hydrogen) atoms. The van der Waals surface area contributed by atoms with E-state index >= 15 is 0 Å². The Morgan fingerprint density at radius 1 is 1.35 bits per heavy atom. The van der Waals surface area contributed by atoms with Crippen molar-refractivity contribution in [2.45, 2.75) is 32.5 Å². The Kier molecular flexibility index (Phi) is 4.29. The van der Waals surface area contributed by atoms with Gasteiger partial charge in [0, 0.05) is 37.6 Å². The molecule has 0 unspecified atom stereocenters. The minimum atomic E-state index is -3.12. The number of nitrogens with one attached hydrogen (secondary N) is 1. The number of H-pyrrole nitrogens is 1. The molecule has 2 saturated heterocycles. The third-order valence-electron chi connectivity index (χ3n) is 4.39. The average molecular weight is 338 g/mol. The molecule has 0 bridgehead atoms. The SMILES string of the molecule is CC(C)=CC(=O)N1CCN(Cc2ncc[nH]2)[C@@H]2CS(=O)(=O)C[C@@H]21. The molecule has 1 N–H and O–H groups in total. The number of aromatic amines is 1. The highest BCUT2D eigenvalue weighted by molar-refractivity contribution is 7.91. The van der Waals surface area contributed by atoms with Crippen molar-refractivity contribution >= 4 is 15.7 Å². The molecule has 3 rings (SSSR count). The van der Waals surface area contributed by atoms with Gasteiger partial charge in [-0.3, -0.25) is 9.69 Å². The predicted molar refractivity (Wildman–Crippen MR) is 86.4 cm³/mol. The molecule has 2 fully saturated rings. The van der Waals surface area contributed by atoms with E-state index in [4.69, 9.17) is 0 Å². The van der Waals surface area contributed by atoms with E-state index < -0.39 is 9.84 Å². The minimum absolute atomic E-state index is 0.0503. The molecule has 126 valence electrons. The maximum absolute atomic E-state index is 12.4. The van der Waals surface area contributed by atoms with Gasteiger partial charge >= 0.3 is 0 Å². The lowest BCUT2D eigenvalue weighted by atomic mass is 10.0. The van der Waals surface area contributed by atoms with Gasteiger partial charge < -0.3 is 9.88 Å². The normalized spacial score (nSPS) is 26.8. The van der Waals surface area contributed by atoms with Gasteiger partial charge in [0.05, 0.1) is 24.1 Å². The van der Waals surface area contributed by atoms with Gasteiger partial charge in [0.1, 0.15) is 5.82 Å². The summed E-state index contributed by atoms with van der Waals surface area (Å²) in [5, 5.41) is 0. The molecule has 0 aromatic carbocycles. The molecule has 7 nitrogen and oxygen atoms in total. The van der Waals surface area contributed by atoms with Crippen molar-refractivity contribution in [3.05, 3.63) is 29.9 Å². The summed E-state index contributed by atoms with van der Waals surface area (Å²) in [5.74, 6) is 0.887. The molecule has 0 spiro atoms. The van der Waals surface area contributed by atoms with Gasteiger partial charge in [-0.2, -0.15) is 0 Å². The highest BCUT2D eigenvalue weighted by Gasteiger charge is 2.47. The van der Waals surface area contributed by atoms with Crippen LogP contribution in [0.3, 0.4) is 0 Å². The van der Waals surface area contributed by atoms with Crippen molar-refractivity contribution in [2.75, 3.05) is 24.6 Å². The Labute approximate surface area is 136 Å². The molecular weight excluding hydrogens is 316 g/mol. The third-order valence-corrected chi connectivity index (χ3v) is 6.09. The number of piperazine rings is 1. The number of amides is 1. The van der Waals surface area contributed by atoms with Crippen LogP contribution >= 0.6 is 0 Å². The molecule has 2 aliphatic rings. The van der Waals surface area contributed by atoms with Crippen molar-refractivity contribution < 1.29 is 13.2 Å². The van der Waals surface area contributed by atoms with Crippen LogP contribution in [0.5, 0.6) is 0 Å². The number of rotatable bonds is 3. The Morgan fingerprint density at radius 3 is 2.74 bits per heavy atom. The van der Waals surface area contributed by atoms with Crippen LogP contribution in [0.1, 0.15) is 19.7 Å². The van der Waals surface area contributed by atoms with Gasteiger partial charge in [0.25, 0.3) is 0 Å². The van der Waals surface area contributed by atoms with Crippen molar-refractivity contribution in [1.82, 2.24) is 19.8 Å². The topological polar surface area (TPSA) is 86.4 Å². The van der Waals surface area contributed by atoms with Crippen LogP contribution in [0.4, 0.5) is 0 Å². The molecule has 8 heteroatoms. The Balaban J connectivity index is 1.82. The molecule has 0 aliphatic carbocycles. The second-order valence-electron chi connectivity index (χ2n) is 6.47. The lowest BCUT2D eigenvalue weighted by Gasteiger charge is -2.43. The number of carbonyl (C=O) groups excluding carboxylic acids is 1. The highest BCUT2D eigenvalue weighted by atomic mass is 32.2. The second kappa shape index (κ2) is 6.09. The van der Waals surface area contributed by atoms with Crippen molar-refractivity contribution in [2.24, 2.45) is 0 Å². The fraction of sp³-hybridized carbons (Fsp3) is 0.600. The number of fused-ring (bicyclic) bond motifs is 1. The molecular formula is C15H22N4O3S. The van der Waals surface area contributed by atoms with Crippen LogP contribution in [0.2, 0.25) is 0 Å². The Morgan fingerprint density at radius 2 is 2.09 bits per heavy atom. The van der Waals surface area contributed by atoms with Crippen molar-refractivity contribution in [1.29, 1.82) is 0 Å². The molecule has 0 saturated carbocycles. The minimum Gasteiger partial charge on any atom is -0.348 e. The van der Waals surface area contributed by atoms with E-state index in [0.29, 0.717) is 19.6 Å². The number of aromatic nitrogens is 2. The first-order valence-electron chi connectivity index (χ1n) is 7.74. The molecule has 2 aliphatic heterocycles. The van der Waals surface area contributed by atoms with E-state index in [1.54, 1.807) is 23.4 Å². The second-order valence-corrected chi connectivity index (χ2v) is 8.63. The van der Waals surface area contributed by atoms with Gasteiger partial charge in [0.15, 0.2) is 9.84 Å². The zero-order chi connectivity index (χ0) is 16.6. The first-order valence-corrected chi connectivity index (χ1v) is 9.56. The van der Waals surface area contributed by atoms with E-state index in [-0.39, 0.29) is 29.5 Å². The van der Waals surface area contributed by atoms with Gasteiger partial charge in [-0.05, 0) is 13.8 Å². The summed E-state index contributed by atoms with van der Waals surface area (Å²) in [5.41, 5.74) is 0.922. The van der Waals surface area contributed by atoms with Crippen LogP contribution in [-0.4, -0.2) is 70.8 Å². The summed E-state index contributed by atoms with van der Waals surface area (Å²) < 4.78 is 24.3. The van der Waals surface area contributed by atoms with Gasteiger partial charge in [0.2, 0.25) is 5.91 Å². The molecule has 1 aromatic heterocycles. The third kappa shape index (κ3) is 3.48. The van der Waals surface area contributed by atoms with E-state index in [0.717, 1.165) is 11.4 Å².